The van der Waals surface area contributed by atoms with Crippen molar-refractivity contribution in [3.8, 4) is 5.75 Å². The molecule has 17 heavy (non-hydrogen) atoms. The van der Waals surface area contributed by atoms with Gasteiger partial charge in [0.25, 0.3) is 0 Å². The number of benzene rings is 1. The molecule has 2 rings (SSSR count). The van der Waals surface area contributed by atoms with E-state index in [0.29, 0.717) is 35.4 Å². The van der Waals surface area contributed by atoms with E-state index in [0.717, 1.165) is 13.0 Å². The van der Waals surface area contributed by atoms with Crippen molar-refractivity contribution in [1.29, 1.82) is 0 Å². The second-order valence-electron chi connectivity index (χ2n) is 3.88. The number of halogens is 2. The second kappa shape index (κ2) is 5.61. The quantitative estimate of drug-likeness (QED) is 0.844. The zero-order valence-electron chi connectivity index (χ0n) is 9.29. The summed E-state index contributed by atoms with van der Waals surface area (Å²) in [4.78, 5) is 13.2. The Hall–Kier alpha value is -0.930. The molecule has 1 saturated heterocycles. The van der Waals surface area contributed by atoms with E-state index in [1.54, 1.807) is 23.1 Å². The van der Waals surface area contributed by atoms with Crippen LogP contribution in [0.15, 0.2) is 18.2 Å². The molecule has 1 aromatic rings. The molecule has 1 heterocycles. The molecule has 1 fully saturated rings. The monoisotopic (exact) mass is 273 g/mol. The summed E-state index contributed by atoms with van der Waals surface area (Å²) in [5.41, 5.74) is 0. The van der Waals surface area contributed by atoms with Gasteiger partial charge in [0, 0.05) is 13.0 Å². The summed E-state index contributed by atoms with van der Waals surface area (Å²) >= 11 is 11.8. The minimum Gasteiger partial charge on any atom is -0.490 e. The summed E-state index contributed by atoms with van der Waals surface area (Å²) in [5.74, 6) is 0.761. The van der Waals surface area contributed by atoms with Gasteiger partial charge in [-0.3, -0.25) is 4.79 Å². The van der Waals surface area contributed by atoms with Crippen LogP contribution < -0.4 is 4.74 Å². The molecule has 1 amide bonds. The van der Waals surface area contributed by atoms with Gasteiger partial charge in [0.05, 0.1) is 11.6 Å². The molecule has 92 valence electrons. The molecule has 0 aromatic heterocycles. The summed E-state index contributed by atoms with van der Waals surface area (Å²) in [6, 6.07) is 5.26. The Morgan fingerprint density at radius 2 is 2.18 bits per heavy atom. The standard InChI is InChI=1S/C12H13Cl2NO2/c13-9-3-1-4-10(12(9)14)17-8-7-15-6-2-5-11(15)16/h1,3-4H,2,5-8H2. The van der Waals surface area contributed by atoms with Crippen molar-refractivity contribution in [2.75, 3.05) is 19.7 Å². The average molecular weight is 274 g/mol. The average Bonchev–Trinajstić information content (AvgIpc) is 2.71. The fourth-order valence-electron chi connectivity index (χ4n) is 1.80. The van der Waals surface area contributed by atoms with Crippen molar-refractivity contribution in [3.05, 3.63) is 28.2 Å². The number of carbonyl (C=O) groups is 1. The van der Waals surface area contributed by atoms with E-state index in [1.807, 2.05) is 0 Å². The van der Waals surface area contributed by atoms with Crippen LogP contribution in [-0.4, -0.2) is 30.5 Å². The van der Waals surface area contributed by atoms with Crippen LogP contribution in [0.5, 0.6) is 5.75 Å². The number of rotatable bonds is 4. The van der Waals surface area contributed by atoms with Gasteiger partial charge in [0.1, 0.15) is 17.4 Å². The van der Waals surface area contributed by atoms with E-state index < -0.39 is 0 Å². The Balaban J connectivity index is 1.86. The van der Waals surface area contributed by atoms with E-state index in [4.69, 9.17) is 27.9 Å². The Morgan fingerprint density at radius 3 is 2.88 bits per heavy atom. The Labute approximate surface area is 110 Å². The molecule has 0 unspecified atom stereocenters. The van der Waals surface area contributed by atoms with E-state index in [2.05, 4.69) is 0 Å². The molecule has 0 aliphatic carbocycles. The molecule has 0 atom stereocenters. The molecule has 0 radical (unpaired) electrons. The predicted octanol–water partition coefficient (Wildman–Crippen LogP) is 2.99. The lowest BCUT2D eigenvalue weighted by Crippen LogP contribution is -2.29. The van der Waals surface area contributed by atoms with Gasteiger partial charge < -0.3 is 9.64 Å². The lowest BCUT2D eigenvalue weighted by Gasteiger charge is -2.16. The normalized spacial score (nSPS) is 15.4. The molecule has 1 aliphatic heterocycles. The lowest BCUT2D eigenvalue weighted by molar-refractivity contribution is -0.128. The van der Waals surface area contributed by atoms with Crippen molar-refractivity contribution < 1.29 is 9.53 Å². The van der Waals surface area contributed by atoms with Crippen LogP contribution in [0.25, 0.3) is 0 Å². The zero-order valence-corrected chi connectivity index (χ0v) is 10.8. The van der Waals surface area contributed by atoms with Gasteiger partial charge in [0.15, 0.2) is 0 Å². The maximum absolute atomic E-state index is 11.4. The number of amides is 1. The number of nitrogens with zero attached hydrogens (tertiary/aromatic N) is 1. The molecular formula is C12H13Cl2NO2. The smallest absolute Gasteiger partial charge is 0.222 e. The van der Waals surface area contributed by atoms with Crippen molar-refractivity contribution >= 4 is 29.1 Å². The highest BCUT2D eigenvalue weighted by Gasteiger charge is 2.19. The predicted molar refractivity (Wildman–Crippen MR) is 67.8 cm³/mol. The molecule has 1 aromatic carbocycles. The second-order valence-corrected chi connectivity index (χ2v) is 4.67. The van der Waals surface area contributed by atoms with Crippen LogP contribution in [0.2, 0.25) is 10.0 Å². The Morgan fingerprint density at radius 1 is 1.35 bits per heavy atom. The number of likely N-dealkylation sites (tertiary alicyclic amines) is 1. The van der Waals surface area contributed by atoms with Gasteiger partial charge in [-0.25, -0.2) is 0 Å². The van der Waals surface area contributed by atoms with Crippen LogP contribution in [0, 0.1) is 0 Å². The first-order valence-electron chi connectivity index (χ1n) is 5.53. The van der Waals surface area contributed by atoms with Crippen molar-refractivity contribution in [2.24, 2.45) is 0 Å². The summed E-state index contributed by atoms with van der Waals surface area (Å²) in [7, 11) is 0. The topological polar surface area (TPSA) is 29.5 Å². The number of ether oxygens (including phenoxy) is 1. The maximum Gasteiger partial charge on any atom is 0.222 e. The van der Waals surface area contributed by atoms with E-state index in [1.165, 1.54) is 0 Å². The van der Waals surface area contributed by atoms with Gasteiger partial charge in [-0.1, -0.05) is 29.3 Å². The SMILES string of the molecule is O=C1CCCN1CCOc1cccc(Cl)c1Cl. The molecule has 0 spiro atoms. The fourth-order valence-corrected chi connectivity index (χ4v) is 2.15. The summed E-state index contributed by atoms with van der Waals surface area (Å²) in [6.07, 6.45) is 1.59. The van der Waals surface area contributed by atoms with Crippen LogP contribution >= 0.6 is 23.2 Å². The molecule has 0 bridgehead atoms. The molecule has 5 heteroatoms. The van der Waals surface area contributed by atoms with Crippen LogP contribution in [0.4, 0.5) is 0 Å². The number of hydrogen-bond acceptors (Lipinski definition) is 2. The van der Waals surface area contributed by atoms with Crippen LogP contribution in [-0.2, 0) is 4.79 Å². The summed E-state index contributed by atoms with van der Waals surface area (Å²) in [6.45, 7) is 1.86. The fraction of sp³-hybridized carbons (Fsp3) is 0.417. The zero-order chi connectivity index (χ0) is 12.3. The third-order valence-corrected chi connectivity index (χ3v) is 3.51. The highest BCUT2D eigenvalue weighted by molar-refractivity contribution is 6.42. The molecular weight excluding hydrogens is 261 g/mol. The van der Waals surface area contributed by atoms with Gasteiger partial charge in [-0.05, 0) is 18.6 Å². The van der Waals surface area contributed by atoms with E-state index >= 15 is 0 Å². The summed E-state index contributed by atoms with van der Waals surface area (Å²) < 4.78 is 5.52. The minimum absolute atomic E-state index is 0.200. The first kappa shape index (κ1) is 12.5. The van der Waals surface area contributed by atoms with Crippen molar-refractivity contribution in [2.45, 2.75) is 12.8 Å². The van der Waals surface area contributed by atoms with Gasteiger partial charge >= 0.3 is 0 Å². The highest BCUT2D eigenvalue weighted by atomic mass is 35.5. The third kappa shape index (κ3) is 3.05. The van der Waals surface area contributed by atoms with Gasteiger partial charge in [-0.15, -0.1) is 0 Å². The Bertz CT molecular complexity index is 423. The number of hydrogen-bond donors (Lipinski definition) is 0. The van der Waals surface area contributed by atoms with E-state index in [-0.39, 0.29) is 5.91 Å². The van der Waals surface area contributed by atoms with Crippen molar-refractivity contribution in [3.63, 3.8) is 0 Å². The largest absolute Gasteiger partial charge is 0.490 e. The highest BCUT2D eigenvalue weighted by Crippen LogP contribution is 2.31. The molecule has 0 saturated carbocycles. The van der Waals surface area contributed by atoms with Crippen LogP contribution in [0.3, 0.4) is 0 Å². The minimum atomic E-state index is 0.200. The third-order valence-electron chi connectivity index (χ3n) is 2.71. The molecule has 0 N–H and O–H groups in total. The van der Waals surface area contributed by atoms with Crippen LogP contribution in [0.1, 0.15) is 12.8 Å². The Kier molecular flexibility index (Phi) is 4.13. The molecule has 1 aliphatic rings. The number of carbonyl (C=O) groups excluding carboxylic acids is 1. The van der Waals surface area contributed by atoms with Gasteiger partial charge in [-0.2, -0.15) is 0 Å². The summed E-state index contributed by atoms with van der Waals surface area (Å²) in [5, 5.41) is 0.892. The van der Waals surface area contributed by atoms with Gasteiger partial charge in [0.2, 0.25) is 5.91 Å². The maximum atomic E-state index is 11.4. The lowest BCUT2D eigenvalue weighted by atomic mass is 10.3. The molecule has 3 nitrogen and oxygen atoms in total. The first-order chi connectivity index (χ1) is 8.18. The van der Waals surface area contributed by atoms with E-state index in [9.17, 15) is 4.79 Å². The van der Waals surface area contributed by atoms with Crippen molar-refractivity contribution in [1.82, 2.24) is 4.90 Å². The first-order valence-corrected chi connectivity index (χ1v) is 6.28.